The second-order valence-electron chi connectivity index (χ2n) is 5.16. The molecule has 0 unspecified atom stereocenters. The number of aromatic nitrogens is 1. The molecule has 2 atom stereocenters. The van der Waals surface area contributed by atoms with Crippen LogP contribution in [-0.2, 0) is 11.3 Å². The van der Waals surface area contributed by atoms with Crippen LogP contribution < -0.4 is 0 Å². The van der Waals surface area contributed by atoms with E-state index in [0.717, 1.165) is 13.1 Å². The first-order valence-electron chi connectivity index (χ1n) is 6.48. The minimum Gasteiger partial charge on any atom is -0.353 e. The third kappa shape index (κ3) is 1.38. The largest absolute Gasteiger partial charge is 0.353 e. The van der Waals surface area contributed by atoms with E-state index in [-0.39, 0.29) is 6.23 Å². The van der Waals surface area contributed by atoms with Gasteiger partial charge < -0.3 is 9.30 Å². The lowest BCUT2D eigenvalue weighted by Gasteiger charge is -2.19. The second-order valence-corrected chi connectivity index (χ2v) is 5.16. The lowest BCUT2D eigenvalue weighted by Crippen LogP contribution is -2.23. The fourth-order valence-electron chi connectivity index (χ4n) is 3.09. The molecule has 2 aliphatic heterocycles. The van der Waals surface area contributed by atoms with Gasteiger partial charge in [-0.1, -0.05) is 18.2 Å². The van der Waals surface area contributed by atoms with Crippen molar-refractivity contribution in [3.8, 4) is 5.69 Å². The van der Waals surface area contributed by atoms with Gasteiger partial charge in [0, 0.05) is 25.0 Å². The molecule has 0 radical (unpaired) electrons. The van der Waals surface area contributed by atoms with Gasteiger partial charge in [0.05, 0.1) is 11.8 Å². The van der Waals surface area contributed by atoms with Crippen molar-refractivity contribution in [2.24, 2.45) is 0 Å². The van der Waals surface area contributed by atoms with Crippen LogP contribution in [0.25, 0.3) is 5.69 Å². The first kappa shape index (κ1) is 10.4. The van der Waals surface area contributed by atoms with Crippen molar-refractivity contribution in [1.29, 1.82) is 0 Å². The maximum atomic E-state index is 6.07. The molecule has 3 heteroatoms. The van der Waals surface area contributed by atoms with Gasteiger partial charge in [0.15, 0.2) is 6.23 Å². The van der Waals surface area contributed by atoms with Crippen molar-refractivity contribution >= 4 is 0 Å². The van der Waals surface area contributed by atoms with Crippen LogP contribution >= 0.6 is 0 Å². The molecule has 2 aromatic rings. The zero-order valence-corrected chi connectivity index (χ0v) is 10.4. The molecule has 1 fully saturated rings. The first-order valence-corrected chi connectivity index (χ1v) is 6.48. The summed E-state index contributed by atoms with van der Waals surface area (Å²) in [4.78, 5) is 2.42. The van der Waals surface area contributed by atoms with Crippen molar-refractivity contribution in [2.75, 3.05) is 6.54 Å². The first-order chi connectivity index (χ1) is 8.83. The van der Waals surface area contributed by atoms with E-state index in [0.29, 0.717) is 6.10 Å². The van der Waals surface area contributed by atoms with Gasteiger partial charge in [0.25, 0.3) is 0 Å². The molecular formula is C15H16N2O. The molecule has 0 spiro atoms. The van der Waals surface area contributed by atoms with Gasteiger partial charge in [-0.3, -0.25) is 4.90 Å². The van der Waals surface area contributed by atoms with E-state index < -0.39 is 0 Å². The molecule has 92 valence electrons. The number of hydrogen-bond acceptors (Lipinski definition) is 2. The van der Waals surface area contributed by atoms with Gasteiger partial charge in [0.1, 0.15) is 0 Å². The number of fused-ring (bicyclic) bond motifs is 5. The number of para-hydroxylation sites is 1. The highest BCUT2D eigenvalue weighted by atomic mass is 16.5. The zero-order valence-electron chi connectivity index (χ0n) is 10.4. The average molecular weight is 240 g/mol. The summed E-state index contributed by atoms with van der Waals surface area (Å²) in [6.07, 6.45) is 2.54. The molecule has 3 heterocycles. The molecule has 4 rings (SSSR count). The van der Waals surface area contributed by atoms with Gasteiger partial charge >= 0.3 is 0 Å². The topological polar surface area (TPSA) is 17.4 Å². The Labute approximate surface area is 107 Å². The van der Waals surface area contributed by atoms with Crippen molar-refractivity contribution in [2.45, 2.75) is 25.8 Å². The Morgan fingerprint density at radius 3 is 3.00 bits per heavy atom. The maximum absolute atomic E-state index is 6.07. The Morgan fingerprint density at radius 1 is 1.17 bits per heavy atom. The monoisotopic (exact) mass is 240 g/mol. The van der Waals surface area contributed by atoms with Crippen molar-refractivity contribution in [3.05, 3.63) is 53.9 Å². The smallest absolute Gasteiger partial charge is 0.152 e. The second kappa shape index (κ2) is 3.70. The van der Waals surface area contributed by atoms with Gasteiger partial charge in [0.2, 0.25) is 0 Å². The van der Waals surface area contributed by atoms with E-state index >= 15 is 0 Å². The number of benzene rings is 1. The molecule has 1 aromatic heterocycles. The van der Waals surface area contributed by atoms with Gasteiger partial charge in [-0.25, -0.2) is 0 Å². The molecule has 18 heavy (non-hydrogen) atoms. The molecule has 1 saturated heterocycles. The Morgan fingerprint density at radius 2 is 2.06 bits per heavy atom. The lowest BCUT2D eigenvalue weighted by atomic mass is 10.1. The SMILES string of the molecule is C[C@H]1CN2Cc3ccccc3-n3cccc3[C@H]2O1. The van der Waals surface area contributed by atoms with E-state index in [1.54, 1.807) is 0 Å². The number of nitrogens with zero attached hydrogens (tertiary/aromatic N) is 2. The Balaban J connectivity index is 1.93. The van der Waals surface area contributed by atoms with Gasteiger partial charge in [-0.15, -0.1) is 0 Å². The Bertz CT molecular complexity index is 590. The fourth-order valence-corrected chi connectivity index (χ4v) is 3.09. The van der Waals surface area contributed by atoms with E-state index in [9.17, 15) is 0 Å². The lowest BCUT2D eigenvalue weighted by molar-refractivity contribution is -0.000676. The van der Waals surface area contributed by atoms with Crippen LogP contribution in [0.4, 0.5) is 0 Å². The summed E-state index contributed by atoms with van der Waals surface area (Å²) < 4.78 is 8.33. The molecule has 1 aromatic carbocycles. The average Bonchev–Trinajstić information content (AvgIpc) is 2.94. The molecule has 0 bridgehead atoms. The van der Waals surface area contributed by atoms with Crippen LogP contribution in [0.3, 0.4) is 0 Å². The highest BCUT2D eigenvalue weighted by molar-refractivity contribution is 5.44. The summed E-state index contributed by atoms with van der Waals surface area (Å²) >= 11 is 0. The third-order valence-electron chi connectivity index (χ3n) is 3.84. The summed E-state index contributed by atoms with van der Waals surface area (Å²) in [5, 5.41) is 0. The zero-order chi connectivity index (χ0) is 12.1. The predicted molar refractivity (Wildman–Crippen MR) is 69.5 cm³/mol. The molecular weight excluding hydrogens is 224 g/mol. The van der Waals surface area contributed by atoms with Gasteiger partial charge in [-0.05, 0) is 30.7 Å². The van der Waals surface area contributed by atoms with Gasteiger partial charge in [-0.2, -0.15) is 0 Å². The maximum Gasteiger partial charge on any atom is 0.152 e. The molecule has 0 N–H and O–H groups in total. The van der Waals surface area contributed by atoms with Crippen LogP contribution in [-0.4, -0.2) is 22.1 Å². The number of hydrogen-bond donors (Lipinski definition) is 0. The molecule has 0 amide bonds. The van der Waals surface area contributed by atoms with Crippen LogP contribution in [0.5, 0.6) is 0 Å². The minimum absolute atomic E-state index is 0.0994. The minimum atomic E-state index is 0.0994. The normalized spacial score (nSPS) is 26.3. The highest BCUT2D eigenvalue weighted by Crippen LogP contribution is 2.37. The molecule has 0 aliphatic carbocycles. The molecule has 3 nitrogen and oxygen atoms in total. The summed E-state index contributed by atoms with van der Waals surface area (Å²) in [7, 11) is 0. The highest BCUT2D eigenvalue weighted by Gasteiger charge is 2.35. The Kier molecular flexibility index (Phi) is 2.13. The van der Waals surface area contributed by atoms with Crippen molar-refractivity contribution in [3.63, 3.8) is 0 Å². The molecule has 0 saturated carbocycles. The summed E-state index contributed by atoms with van der Waals surface area (Å²) in [6, 6.07) is 12.9. The van der Waals surface area contributed by atoms with Crippen LogP contribution in [0.1, 0.15) is 24.4 Å². The number of ether oxygens (including phenoxy) is 1. The molecule has 2 aliphatic rings. The number of rotatable bonds is 0. The quantitative estimate of drug-likeness (QED) is 0.704. The van der Waals surface area contributed by atoms with Crippen molar-refractivity contribution < 1.29 is 4.74 Å². The van der Waals surface area contributed by atoms with Crippen molar-refractivity contribution in [1.82, 2.24) is 9.47 Å². The fraction of sp³-hybridized carbons (Fsp3) is 0.333. The van der Waals surface area contributed by atoms with E-state index in [4.69, 9.17) is 4.74 Å². The van der Waals surface area contributed by atoms with Crippen LogP contribution in [0.15, 0.2) is 42.6 Å². The van der Waals surface area contributed by atoms with E-state index in [1.807, 2.05) is 0 Å². The van der Waals surface area contributed by atoms with E-state index in [2.05, 4.69) is 59.0 Å². The standard InChI is InChI=1S/C15H16N2O/c1-11-9-16-10-12-5-2-3-6-13(12)17-8-4-7-14(17)15(16)18-11/h2-8,11,15H,9-10H2,1H3/t11-,15+/m0/s1. The van der Waals surface area contributed by atoms with Crippen LogP contribution in [0.2, 0.25) is 0 Å². The summed E-state index contributed by atoms with van der Waals surface area (Å²) in [5.74, 6) is 0. The van der Waals surface area contributed by atoms with Crippen LogP contribution in [0, 0.1) is 0 Å². The predicted octanol–water partition coefficient (Wildman–Crippen LogP) is 2.71. The summed E-state index contributed by atoms with van der Waals surface area (Å²) in [5.41, 5.74) is 3.89. The summed E-state index contributed by atoms with van der Waals surface area (Å²) in [6.45, 7) is 4.12. The van der Waals surface area contributed by atoms with E-state index in [1.165, 1.54) is 16.9 Å². The Hall–Kier alpha value is -1.58. The third-order valence-corrected chi connectivity index (χ3v) is 3.84.